The largest absolute Gasteiger partial charge is 0.341 e. The molecule has 2 aliphatic heterocycles. The average molecular weight is 276 g/mol. The summed E-state index contributed by atoms with van der Waals surface area (Å²) in [6, 6.07) is -0.344. The molecule has 2 saturated heterocycles. The molecule has 0 radical (unpaired) electrons. The first-order chi connectivity index (χ1) is 8.16. The third-order valence-corrected chi connectivity index (χ3v) is 3.95. The van der Waals surface area contributed by atoms with Gasteiger partial charge in [-0.1, -0.05) is 6.42 Å². The van der Waals surface area contributed by atoms with E-state index >= 15 is 0 Å². The number of carbonyl (C=O) groups excluding carboxylic acids is 1. The third kappa shape index (κ3) is 4.11. The summed E-state index contributed by atoms with van der Waals surface area (Å²) in [6.07, 6.45) is 5.22. The zero-order valence-electron chi connectivity index (χ0n) is 11.3. The average Bonchev–Trinajstić information content (AvgIpc) is 2.77. The van der Waals surface area contributed by atoms with Crippen molar-refractivity contribution < 1.29 is 4.79 Å². The highest BCUT2D eigenvalue weighted by molar-refractivity contribution is 5.85. The van der Waals surface area contributed by atoms with Gasteiger partial charge in [0.05, 0.1) is 6.04 Å². The molecule has 106 valence electrons. The van der Waals surface area contributed by atoms with E-state index in [0.717, 1.165) is 19.5 Å². The molecule has 18 heavy (non-hydrogen) atoms. The van der Waals surface area contributed by atoms with E-state index in [2.05, 4.69) is 4.90 Å². The van der Waals surface area contributed by atoms with Crippen LogP contribution in [0.25, 0.3) is 0 Å². The number of hydrogen-bond acceptors (Lipinski definition) is 3. The van der Waals surface area contributed by atoms with E-state index in [4.69, 9.17) is 5.73 Å². The first kappa shape index (κ1) is 15.7. The number of halogens is 1. The van der Waals surface area contributed by atoms with E-state index < -0.39 is 0 Å². The molecule has 0 bridgehead atoms. The molecule has 0 spiro atoms. The maximum atomic E-state index is 11.8. The van der Waals surface area contributed by atoms with Crippen LogP contribution < -0.4 is 5.73 Å². The smallest absolute Gasteiger partial charge is 0.239 e. The number of piperidine rings is 1. The van der Waals surface area contributed by atoms with Crippen molar-refractivity contribution in [2.45, 2.75) is 38.6 Å². The molecular weight excluding hydrogens is 250 g/mol. The molecule has 0 aromatic heterocycles. The van der Waals surface area contributed by atoms with Gasteiger partial charge in [0.15, 0.2) is 0 Å². The minimum absolute atomic E-state index is 0. The lowest BCUT2D eigenvalue weighted by molar-refractivity contribution is -0.131. The minimum Gasteiger partial charge on any atom is -0.341 e. The molecule has 2 atom stereocenters. The monoisotopic (exact) mass is 275 g/mol. The Morgan fingerprint density at radius 1 is 1.28 bits per heavy atom. The van der Waals surface area contributed by atoms with Crippen LogP contribution in [-0.2, 0) is 4.79 Å². The van der Waals surface area contributed by atoms with Gasteiger partial charge in [-0.25, -0.2) is 0 Å². The van der Waals surface area contributed by atoms with Crippen molar-refractivity contribution in [2.24, 2.45) is 11.7 Å². The highest BCUT2D eigenvalue weighted by atomic mass is 35.5. The first-order valence-electron chi connectivity index (χ1n) is 6.93. The van der Waals surface area contributed by atoms with Gasteiger partial charge in [0, 0.05) is 19.6 Å². The number of hydrogen-bond donors (Lipinski definition) is 1. The lowest BCUT2D eigenvalue weighted by Crippen LogP contribution is -2.41. The highest BCUT2D eigenvalue weighted by Gasteiger charge is 2.29. The van der Waals surface area contributed by atoms with Crippen molar-refractivity contribution in [2.75, 3.05) is 32.7 Å². The summed E-state index contributed by atoms with van der Waals surface area (Å²) in [4.78, 5) is 16.3. The van der Waals surface area contributed by atoms with Crippen molar-refractivity contribution in [3.8, 4) is 0 Å². The van der Waals surface area contributed by atoms with Crippen molar-refractivity contribution in [3.63, 3.8) is 0 Å². The van der Waals surface area contributed by atoms with Crippen molar-refractivity contribution >= 4 is 18.3 Å². The lowest BCUT2D eigenvalue weighted by Gasteiger charge is -2.29. The molecule has 5 heteroatoms. The van der Waals surface area contributed by atoms with E-state index in [1.807, 2.05) is 4.90 Å². The van der Waals surface area contributed by atoms with Gasteiger partial charge in [-0.2, -0.15) is 0 Å². The van der Waals surface area contributed by atoms with Crippen LogP contribution in [0.2, 0.25) is 0 Å². The Morgan fingerprint density at radius 2 is 1.94 bits per heavy atom. The predicted molar refractivity (Wildman–Crippen MR) is 75.9 cm³/mol. The Morgan fingerprint density at radius 3 is 2.56 bits per heavy atom. The zero-order chi connectivity index (χ0) is 12.3. The molecule has 0 aliphatic carbocycles. The van der Waals surface area contributed by atoms with Crippen LogP contribution in [0.1, 0.15) is 32.6 Å². The fraction of sp³-hybridized carbons (Fsp3) is 0.923. The fourth-order valence-corrected chi connectivity index (χ4v) is 2.98. The SMILES string of the molecule is CC(N)C(=O)N1CCC(CN2CCCCC2)C1.Cl. The number of rotatable bonds is 3. The van der Waals surface area contributed by atoms with Gasteiger partial charge in [0.1, 0.15) is 0 Å². The molecule has 2 N–H and O–H groups in total. The number of nitrogens with two attached hydrogens (primary N) is 1. The molecule has 2 heterocycles. The standard InChI is InChI=1S/C13H25N3O.ClH/c1-11(14)13(17)16-8-5-12(10-16)9-15-6-3-2-4-7-15;/h11-12H,2-10,14H2,1H3;1H. The van der Waals surface area contributed by atoms with Crippen LogP contribution in [0, 0.1) is 5.92 Å². The maximum Gasteiger partial charge on any atom is 0.239 e. The van der Waals surface area contributed by atoms with Crippen LogP contribution >= 0.6 is 12.4 Å². The molecule has 1 amide bonds. The van der Waals surface area contributed by atoms with Crippen LogP contribution in [-0.4, -0.2) is 54.5 Å². The van der Waals surface area contributed by atoms with Crippen LogP contribution in [0.15, 0.2) is 0 Å². The Labute approximate surface area is 116 Å². The van der Waals surface area contributed by atoms with Gasteiger partial charge in [-0.15, -0.1) is 12.4 Å². The predicted octanol–water partition coefficient (Wildman–Crippen LogP) is 1.09. The molecule has 0 aromatic rings. The van der Waals surface area contributed by atoms with Crippen molar-refractivity contribution in [3.05, 3.63) is 0 Å². The van der Waals surface area contributed by atoms with E-state index in [-0.39, 0.29) is 24.4 Å². The van der Waals surface area contributed by atoms with Crippen LogP contribution in [0.5, 0.6) is 0 Å². The second-order valence-corrected chi connectivity index (χ2v) is 5.59. The maximum absolute atomic E-state index is 11.8. The topological polar surface area (TPSA) is 49.6 Å². The summed E-state index contributed by atoms with van der Waals surface area (Å²) in [5.74, 6) is 0.780. The van der Waals surface area contributed by atoms with E-state index in [0.29, 0.717) is 5.92 Å². The van der Waals surface area contributed by atoms with Gasteiger partial charge in [0.2, 0.25) is 5.91 Å². The zero-order valence-corrected chi connectivity index (χ0v) is 12.1. The normalized spacial score (nSPS) is 26.8. The molecule has 2 fully saturated rings. The summed E-state index contributed by atoms with van der Waals surface area (Å²) in [7, 11) is 0. The summed E-state index contributed by atoms with van der Waals surface area (Å²) in [5.41, 5.74) is 5.64. The Hall–Kier alpha value is -0.320. The molecule has 2 rings (SSSR count). The third-order valence-electron chi connectivity index (χ3n) is 3.95. The second-order valence-electron chi connectivity index (χ2n) is 5.59. The van der Waals surface area contributed by atoms with Gasteiger partial charge < -0.3 is 15.5 Å². The number of nitrogens with zero attached hydrogens (tertiary/aromatic N) is 2. The highest BCUT2D eigenvalue weighted by Crippen LogP contribution is 2.20. The molecular formula is C13H26ClN3O. The molecule has 2 unspecified atom stereocenters. The summed E-state index contributed by atoms with van der Waals surface area (Å²) < 4.78 is 0. The first-order valence-corrected chi connectivity index (χ1v) is 6.93. The Kier molecular flexibility index (Phi) is 6.39. The summed E-state index contributed by atoms with van der Waals surface area (Å²) in [5, 5.41) is 0. The molecule has 0 aromatic carbocycles. The summed E-state index contributed by atoms with van der Waals surface area (Å²) >= 11 is 0. The summed E-state index contributed by atoms with van der Waals surface area (Å²) in [6.45, 7) is 7.26. The molecule has 4 nitrogen and oxygen atoms in total. The van der Waals surface area contributed by atoms with Crippen molar-refractivity contribution in [1.82, 2.24) is 9.80 Å². The fourth-order valence-electron chi connectivity index (χ4n) is 2.98. The second kappa shape index (κ2) is 7.31. The molecule has 2 aliphatic rings. The minimum atomic E-state index is -0.344. The van der Waals surface area contributed by atoms with Crippen LogP contribution in [0.4, 0.5) is 0 Å². The van der Waals surface area contributed by atoms with Gasteiger partial charge in [-0.05, 0) is 45.2 Å². The van der Waals surface area contributed by atoms with Gasteiger partial charge >= 0.3 is 0 Å². The Bertz CT molecular complexity index is 267. The number of amides is 1. The van der Waals surface area contributed by atoms with Crippen molar-refractivity contribution in [1.29, 1.82) is 0 Å². The lowest BCUT2D eigenvalue weighted by atomic mass is 10.1. The number of likely N-dealkylation sites (tertiary alicyclic amines) is 2. The van der Waals surface area contributed by atoms with Gasteiger partial charge in [0.25, 0.3) is 0 Å². The van der Waals surface area contributed by atoms with E-state index in [9.17, 15) is 4.79 Å². The number of carbonyl (C=O) groups is 1. The van der Waals surface area contributed by atoms with E-state index in [1.165, 1.54) is 38.9 Å². The van der Waals surface area contributed by atoms with E-state index in [1.54, 1.807) is 6.92 Å². The Balaban J connectivity index is 0.00000162. The van der Waals surface area contributed by atoms with Gasteiger partial charge in [-0.3, -0.25) is 4.79 Å². The quantitative estimate of drug-likeness (QED) is 0.839. The van der Waals surface area contributed by atoms with Crippen LogP contribution in [0.3, 0.4) is 0 Å². The molecule has 0 saturated carbocycles.